The molecule has 7 heteroatoms. The summed E-state index contributed by atoms with van der Waals surface area (Å²) in [5, 5.41) is 0. The van der Waals surface area contributed by atoms with E-state index in [1.54, 1.807) is 26.0 Å². The van der Waals surface area contributed by atoms with Crippen LogP contribution in [0.5, 0.6) is 0 Å². The van der Waals surface area contributed by atoms with Gasteiger partial charge in [0, 0.05) is 23.8 Å². The summed E-state index contributed by atoms with van der Waals surface area (Å²) >= 11 is 3.25. The highest BCUT2D eigenvalue weighted by molar-refractivity contribution is 9.10. The smallest absolute Gasteiger partial charge is 0.254 e. The van der Waals surface area contributed by atoms with Crippen LogP contribution in [-0.2, 0) is 10.2 Å². The van der Waals surface area contributed by atoms with Crippen molar-refractivity contribution in [2.24, 2.45) is 0 Å². The molecule has 0 atom stereocenters. The molecule has 1 rings (SSSR count). The van der Waals surface area contributed by atoms with Crippen LogP contribution in [0.25, 0.3) is 0 Å². The highest BCUT2D eigenvalue weighted by Crippen LogP contribution is 2.14. The number of nitrogens with one attached hydrogen (secondary N) is 1. The molecule has 1 heterocycles. The maximum Gasteiger partial charge on any atom is 0.302 e. The second kappa shape index (κ2) is 5.60. The van der Waals surface area contributed by atoms with Gasteiger partial charge in [-0.05, 0) is 12.1 Å². The Hall–Kier alpha value is -0.660. The molecule has 0 aliphatic rings. The lowest BCUT2D eigenvalue weighted by atomic mass is 10.5. The highest BCUT2D eigenvalue weighted by Gasteiger charge is 2.18. The van der Waals surface area contributed by atoms with Gasteiger partial charge in [0.25, 0.3) is 0 Å². The minimum absolute atomic E-state index is 0.307. The monoisotopic (exact) mass is 307 g/mol. The maximum atomic E-state index is 11.8. The SMILES string of the molecule is CCN(CC)S(=O)(=O)Nc1cc(Br)ccn1. The summed E-state index contributed by atoms with van der Waals surface area (Å²) in [5.74, 6) is 0.307. The van der Waals surface area contributed by atoms with Crippen LogP contribution in [0, 0.1) is 0 Å². The number of pyridine rings is 1. The molecule has 0 radical (unpaired) electrons. The number of hydrogen-bond donors (Lipinski definition) is 1. The van der Waals surface area contributed by atoms with Crippen LogP contribution < -0.4 is 4.72 Å². The largest absolute Gasteiger partial charge is 0.302 e. The number of rotatable bonds is 5. The number of anilines is 1. The van der Waals surface area contributed by atoms with Gasteiger partial charge in [-0.3, -0.25) is 4.72 Å². The van der Waals surface area contributed by atoms with E-state index in [1.165, 1.54) is 10.5 Å². The Morgan fingerprint density at radius 2 is 2.06 bits per heavy atom. The Morgan fingerprint density at radius 1 is 1.44 bits per heavy atom. The van der Waals surface area contributed by atoms with E-state index in [9.17, 15) is 8.42 Å². The van der Waals surface area contributed by atoms with Gasteiger partial charge < -0.3 is 0 Å². The molecule has 0 aliphatic heterocycles. The molecule has 0 fully saturated rings. The molecule has 0 aromatic carbocycles. The van der Waals surface area contributed by atoms with Crippen LogP contribution in [0.15, 0.2) is 22.8 Å². The molecule has 1 aromatic heterocycles. The van der Waals surface area contributed by atoms with Crippen molar-refractivity contribution < 1.29 is 8.42 Å². The molecule has 16 heavy (non-hydrogen) atoms. The lowest BCUT2D eigenvalue weighted by molar-refractivity contribution is 0.449. The highest BCUT2D eigenvalue weighted by atomic mass is 79.9. The van der Waals surface area contributed by atoms with E-state index in [0.717, 1.165) is 4.47 Å². The first-order chi connectivity index (χ1) is 7.49. The number of nitrogens with zero attached hydrogens (tertiary/aromatic N) is 2. The molecular formula is C9H14BrN3O2S. The molecule has 0 unspecified atom stereocenters. The van der Waals surface area contributed by atoms with Gasteiger partial charge in [0.15, 0.2) is 0 Å². The lowest BCUT2D eigenvalue weighted by Gasteiger charge is -2.18. The van der Waals surface area contributed by atoms with E-state index < -0.39 is 10.2 Å². The first-order valence-corrected chi connectivity index (χ1v) is 7.12. The molecule has 1 aromatic rings. The molecule has 0 amide bonds. The summed E-state index contributed by atoms with van der Waals surface area (Å²) in [4.78, 5) is 3.93. The molecular weight excluding hydrogens is 294 g/mol. The van der Waals surface area contributed by atoms with Gasteiger partial charge in [-0.2, -0.15) is 12.7 Å². The topological polar surface area (TPSA) is 62.3 Å². The fraction of sp³-hybridized carbons (Fsp3) is 0.444. The predicted molar refractivity (Wildman–Crippen MR) is 67.4 cm³/mol. The van der Waals surface area contributed by atoms with E-state index in [1.807, 2.05) is 0 Å². The van der Waals surface area contributed by atoms with Gasteiger partial charge in [-0.25, -0.2) is 4.98 Å². The summed E-state index contributed by atoms with van der Waals surface area (Å²) < 4.78 is 28.2. The summed E-state index contributed by atoms with van der Waals surface area (Å²) in [6.45, 7) is 4.44. The van der Waals surface area contributed by atoms with Crippen LogP contribution in [0.1, 0.15) is 13.8 Å². The van der Waals surface area contributed by atoms with Gasteiger partial charge in [-0.1, -0.05) is 29.8 Å². The van der Waals surface area contributed by atoms with Gasteiger partial charge in [0.1, 0.15) is 5.82 Å². The minimum atomic E-state index is -3.49. The molecule has 0 aliphatic carbocycles. The number of hydrogen-bond acceptors (Lipinski definition) is 3. The van der Waals surface area contributed by atoms with E-state index in [4.69, 9.17) is 0 Å². The van der Waals surface area contributed by atoms with Crippen LogP contribution >= 0.6 is 15.9 Å². The van der Waals surface area contributed by atoms with Crippen molar-refractivity contribution in [1.29, 1.82) is 0 Å². The number of halogens is 1. The molecule has 0 spiro atoms. The fourth-order valence-corrected chi connectivity index (χ4v) is 2.74. The molecule has 0 saturated carbocycles. The summed E-state index contributed by atoms with van der Waals surface area (Å²) in [5.41, 5.74) is 0. The van der Waals surface area contributed by atoms with Crippen LogP contribution in [-0.4, -0.2) is 30.8 Å². The molecule has 1 N–H and O–H groups in total. The van der Waals surface area contributed by atoms with Gasteiger partial charge in [0.2, 0.25) is 0 Å². The Balaban J connectivity index is 2.88. The average Bonchev–Trinajstić information content (AvgIpc) is 2.18. The molecule has 0 bridgehead atoms. The third-order valence-corrected chi connectivity index (χ3v) is 4.16. The first-order valence-electron chi connectivity index (χ1n) is 4.89. The van der Waals surface area contributed by atoms with Crippen molar-refractivity contribution in [2.45, 2.75) is 13.8 Å². The molecule has 0 saturated heterocycles. The zero-order valence-electron chi connectivity index (χ0n) is 9.14. The van der Waals surface area contributed by atoms with Crippen molar-refractivity contribution in [3.63, 3.8) is 0 Å². The zero-order chi connectivity index (χ0) is 12.2. The Labute approximate surface area is 104 Å². The van der Waals surface area contributed by atoms with Gasteiger partial charge in [-0.15, -0.1) is 0 Å². The quantitative estimate of drug-likeness (QED) is 0.903. The van der Waals surface area contributed by atoms with Crippen LogP contribution in [0.3, 0.4) is 0 Å². The summed E-state index contributed by atoms with van der Waals surface area (Å²) in [6.07, 6.45) is 1.53. The van der Waals surface area contributed by atoms with E-state index >= 15 is 0 Å². The van der Waals surface area contributed by atoms with Crippen molar-refractivity contribution in [3.05, 3.63) is 22.8 Å². The third kappa shape index (κ3) is 3.43. The number of aromatic nitrogens is 1. The second-order valence-corrected chi connectivity index (χ2v) is 5.64. The lowest BCUT2D eigenvalue weighted by Crippen LogP contribution is -2.35. The zero-order valence-corrected chi connectivity index (χ0v) is 11.5. The van der Waals surface area contributed by atoms with Crippen molar-refractivity contribution >= 4 is 32.0 Å². The van der Waals surface area contributed by atoms with Gasteiger partial charge in [0.05, 0.1) is 0 Å². The summed E-state index contributed by atoms with van der Waals surface area (Å²) in [6, 6.07) is 3.34. The first kappa shape index (κ1) is 13.4. The van der Waals surface area contributed by atoms with E-state index in [-0.39, 0.29) is 0 Å². The van der Waals surface area contributed by atoms with E-state index in [0.29, 0.717) is 18.9 Å². The van der Waals surface area contributed by atoms with E-state index in [2.05, 4.69) is 25.6 Å². The van der Waals surface area contributed by atoms with Crippen molar-refractivity contribution in [2.75, 3.05) is 17.8 Å². The molecule has 5 nitrogen and oxygen atoms in total. The van der Waals surface area contributed by atoms with Crippen molar-refractivity contribution in [1.82, 2.24) is 9.29 Å². The maximum absolute atomic E-state index is 11.8. The third-order valence-electron chi connectivity index (χ3n) is 2.00. The summed E-state index contributed by atoms with van der Waals surface area (Å²) in [7, 11) is -3.49. The Kier molecular flexibility index (Phi) is 4.69. The average molecular weight is 308 g/mol. The fourth-order valence-electron chi connectivity index (χ4n) is 1.22. The predicted octanol–water partition coefficient (Wildman–Crippen LogP) is 1.84. The molecule has 90 valence electrons. The Bertz CT molecular complexity index is 446. The standard InChI is InChI=1S/C9H14BrN3O2S/c1-3-13(4-2)16(14,15)12-9-7-8(10)5-6-11-9/h5-7H,3-4H2,1-2H3,(H,11,12). The van der Waals surface area contributed by atoms with Crippen LogP contribution in [0.2, 0.25) is 0 Å². The van der Waals surface area contributed by atoms with Crippen LogP contribution in [0.4, 0.5) is 5.82 Å². The second-order valence-electron chi connectivity index (χ2n) is 3.05. The van der Waals surface area contributed by atoms with Crippen molar-refractivity contribution in [3.8, 4) is 0 Å². The van der Waals surface area contributed by atoms with Gasteiger partial charge >= 0.3 is 10.2 Å². The minimum Gasteiger partial charge on any atom is -0.254 e. The normalized spacial score (nSPS) is 11.8. The Morgan fingerprint density at radius 3 is 2.56 bits per heavy atom.